The van der Waals surface area contributed by atoms with Gasteiger partial charge in [-0.05, 0) is 66.4 Å². The van der Waals surface area contributed by atoms with Crippen molar-refractivity contribution >= 4 is 23.3 Å². The number of halogens is 1. The summed E-state index contributed by atoms with van der Waals surface area (Å²) in [4.78, 5) is 15.1. The first-order chi connectivity index (χ1) is 14.2. The van der Waals surface area contributed by atoms with Gasteiger partial charge in [0.15, 0.2) is 0 Å². The minimum absolute atomic E-state index is 0.122. The molecule has 1 N–H and O–H groups in total. The number of benzene rings is 3. The third-order valence-electron chi connectivity index (χ3n) is 5.15. The van der Waals surface area contributed by atoms with Crippen molar-refractivity contribution in [3.8, 4) is 5.75 Å². The van der Waals surface area contributed by atoms with E-state index < -0.39 is 0 Å². The molecule has 148 valence electrons. The van der Waals surface area contributed by atoms with E-state index in [1.807, 2.05) is 72.5 Å². The van der Waals surface area contributed by atoms with Crippen molar-refractivity contribution in [3.63, 3.8) is 0 Å². The van der Waals surface area contributed by atoms with Crippen LogP contribution in [-0.2, 0) is 6.42 Å². The average Bonchev–Trinajstić information content (AvgIpc) is 2.75. The Balaban J connectivity index is 1.62. The van der Waals surface area contributed by atoms with Crippen LogP contribution >= 0.6 is 11.6 Å². The minimum Gasteiger partial charge on any atom is -0.494 e. The van der Waals surface area contributed by atoms with Crippen molar-refractivity contribution in [2.75, 3.05) is 18.5 Å². The molecule has 1 aliphatic heterocycles. The van der Waals surface area contributed by atoms with Crippen LogP contribution in [0.25, 0.3) is 0 Å². The predicted molar refractivity (Wildman–Crippen MR) is 117 cm³/mol. The molecule has 2 amide bonds. The Morgan fingerprint density at radius 2 is 1.79 bits per heavy atom. The van der Waals surface area contributed by atoms with Crippen LogP contribution in [0.3, 0.4) is 0 Å². The fraction of sp³-hybridized carbons (Fsp3) is 0.208. The van der Waals surface area contributed by atoms with Gasteiger partial charge in [-0.15, -0.1) is 0 Å². The second-order valence-electron chi connectivity index (χ2n) is 6.98. The Kier molecular flexibility index (Phi) is 5.72. The van der Waals surface area contributed by atoms with Crippen molar-refractivity contribution in [2.24, 2.45) is 0 Å². The molecule has 4 nitrogen and oxygen atoms in total. The maximum absolute atomic E-state index is 13.2. The highest BCUT2D eigenvalue weighted by Crippen LogP contribution is 2.36. The van der Waals surface area contributed by atoms with Gasteiger partial charge in [0, 0.05) is 17.3 Å². The van der Waals surface area contributed by atoms with Crippen molar-refractivity contribution in [1.82, 2.24) is 4.90 Å². The van der Waals surface area contributed by atoms with Gasteiger partial charge in [0.25, 0.3) is 0 Å². The molecule has 3 aromatic carbocycles. The number of hydrogen-bond acceptors (Lipinski definition) is 2. The summed E-state index contributed by atoms with van der Waals surface area (Å²) in [5, 5.41) is 3.71. The van der Waals surface area contributed by atoms with E-state index in [1.54, 1.807) is 0 Å². The van der Waals surface area contributed by atoms with Crippen LogP contribution in [0.5, 0.6) is 5.75 Å². The van der Waals surface area contributed by atoms with Crippen molar-refractivity contribution in [3.05, 3.63) is 94.5 Å². The van der Waals surface area contributed by atoms with Crippen LogP contribution in [0, 0.1) is 0 Å². The van der Waals surface area contributed by atoms with Crippen molar-refractivity contribution in [1.29, 1.82) is 0 Å². The van der Waals surface area contributed by atoms with Crippen LogP contribution in [0.2, 0.25) is 5.02 Å². The molecule has 0 spiro atoms. The number of amides is 2. The van der Waals surface area contributed by atoms with Gasteiger partial charge in [-0.25, -0.2) is 4.79 Å². The second kappa shape index (κ2) is 8.58. The third-order valence-corrected chi connectivity index (χ3v) is 5.40. The molecule has 4 rings (SSSR count). The highest BCUT2D eigenvalue weighted by atomic mass is 35.5. The second-order valence-corrected chi connectivity index (χ2v) is 7.42. The SMILES string of the molecule is CCOc1ccc(NC(=O)N2CCc3ccccc3[C@@H]2c2ccc(Cl)cc2)cc1. The lowest BCUT2D eigenvalue weighted by Gasteiger charge is -2.37. The summed E-state index contributed by atoms with van der Waals surface area (Å²) in [7, 11) is 0. The monoisotopic (exact) mass is 406 g/mol. The fourth-order valence-electron chi connectivity index (χ4n) is 3.79. The number of nitrogens with one attached hydrogen (secondary N) is 1. The number of urea groups is 1. The predicted octanol–water partition coefficient (Wildman–Crippen LogP) is 5.92. The lowest BCUT2D eigenvalue weighted by Crippen LogP contribution is -2.43. The number of fused-ring (bicyclic) bond motifs is 1. The Morgan fingerprint density at radius 1 is 1.07 bits per heavy atom. The molecule has 5 heteroatoms. The molecule has 1 atom stereocenters. The maximum Gasteiger partial charge on any atom is 0.322 e. The van der Waals surface area contributed by atoms with Gasteiger partial charge in [0.1, 0.15) is 5.75 Å². The van der Waals surface area contributed by atoms with Crippen LogP contribution in [0.4, 0.5) is 10.5 Å². The van der Waals surface area contributed by atoms with E-state index in [9.17, 15) is 4.79 Å². The highest BCUT2D eigenvalue weighted by Gasteiger charge is 2.31. The molecule has 1 aliphatic rings. The Bertz CT molecular complexity index is 987. The Hall–Kier alpha value is -2.98. The summed E-state index contributed by atoms with van der Waals surface area (Å²) < 4.78 is 5.47. The molecule has 0 saturated carbocycles. The number of carbonyl (C=O) groups excluding carboxylic acids is 1. The lowest BCUT2D eigenvalue weighted by atomic mass is 9.88. The average molecular weight is 407 g/mol. The minimum atomic E-state index is -0.153. The first kappa shape index (κ1) is 19.3. The molecule has 29 heavy (non-hydrogen) atoms. The highest BCUT2D eigenvalue weighted by molar-refractivity contribution is 6.30. The van der Waals surface area contributed by atoms with Gasteiger partial charge < -0.3 is 15.0 Å². The van der Waals surface area contributed by atoms with E-state index in [0.717, 1.165) is 29.0 Å². The first-order valence-corrected chi connectivity index (χ1v) is 10.2. The molecule has 1 heterocycles. The quantitative estimate of drug-likeness (QED) is 0.584. The molecular weight excluding hydrogens is 384 g/mol. The zero-order chi connectivity index (χ0) is 20.2. The molecule has 0 unspecified atom stereocenters. The van der Waals surface area contributed by atoms with E-state index in [-0.39, 0.29) is 12.1 Å². The number of anilines is 1. The largest absolute Gasteiger partial charge is 0.494 e. The van der Waals surface area contributed by atoms with Gasteiger partial charge in [-0.1, -0.05) is 48.0 Å². The van der Waals surface area contributed by atoms with E-state index in [4.69, 9.17) is 16.3 Å². The fourth-order valence-corrected chi connectivity index (χ4v) is 3.91. The normalized spacial score (nSPS) is 15.5. The maximum atomic E-state index is 13.2. The molecule has 0 aromatic heterocycles. The standard InChI is InChI=1S/C24H23ClN2O2/c1-2-29-21-13-11-20(12-14-21)26-24(28)27-16-15-17-5-3-4-6-22(17)23(27)18-7-9-19(25)10-8-18/h3-14,23H,2,15-16H2,1H3,(H,26,28)/t23-/m0/s1. The van der Waals surface area contributed by atoms with Gasteiger partial charge in [-0.2, -0.15) is 0 Å². The number of rotatable bonds is 4. The first-order valence-electron chi connectivity index (χ1n) is 9.79. The zero-order valence-electron chi connectivity index (χ0n) is 16.3. The molecular formula is C24H23ClN2O2. The van der Waals surface area contributed by atoms with Crippen LogP contribution < -0.4 is 10.1 Å². The van der Waals surface area contributed by atoms with Crippen LogP contribution in [0.1, 0.15) is 29.7 Å². The molecule has 0 bridgehead atoms. The van der Waals surface area contributed by atoms with Crippen LogP contribution in [-0.4, -0.2) is 24.1 Å². The lowest BCUT2D eigenvalue weighted by molar-refractivity contribution is 0.194. The van der Waals surface area contributed by atoms with Crippen molar-refractivity contribution in [2.45, 2.75) is 19.4 Å². The summed E-state index contributed by atoms with van der Waals surface area (Å²) in [6, 6.07) is 23.2. The summed E-state index contributed by atoms with van der Waals surface area (Å²) >= 11 is 6.09. The third kappa shape index (κ3) is 4.22. The topological polar surface area (TPSA) is 41.6 Å². The van der Waals surface area contributed by atoms with Gasteiger partial charge >= 0.3 is 6.03 Å². The Morgan fingerprint density at radius 3 is 2.52 bits per heavy atom. The summed E-state index contributed by atoms with van der Waals surface area (Å²) in [5.41, 5.74) is 4.22. The number of nitrogens with zero attached hydrogens (tertiary/aromatic N) is 1. The summed E-state index contributed by atoms with van der Waals surface area (Å²) in [6.45, 7) is 3.20. The smallest absolute Gasteiger partial charge is 0.322 e. The van der Waals surface area contributed by atoms with E-state index in [0.29, 0.717) is 18.2 Å². The van der Waals surface area contributed by atoms with E-state index >= 15 is 0 Å². The molecule has 0 fully saturated rings. The van der Waals surface area contributed by atoms with Crippen molar-refractivity contribution < 1.29 is 9.53 Å². The number of hydrogen-bond donors (Lipinski definition) is 1. The van der Waals surface area contributed by atoms with E-state index in [1.165, 1.54) is 5.56 Å². The number of carbonyl (C=O) groups is 1. The molecule has 3 aromatic rings. The number of ether oxygens (including phenoxy) is 1. The van der Waals surface area contributed by atoms with E-state index in [2.05, 4.69) is 17.4 Å². The van der Waals surface area contributed by atoms with Crippen LogP contribution in [0.15, 0.2) is 72.8 Å². The summed E-state index contributed by atoms with van der Waals surface area (Å²) in [5.74, 6) is 0.788. The molecule has 0 radical (unpaired) electrons. The zero-order valence-corrected chi connectivity index (χ0v) is 17.0. The summed E-state index contributed by atoms with van der Waals surface area (Å²) in [6.07, 6.45) is 0.830. The Labute approximate surface area is 176 Å². The van der Waals surface area contributed by atoms with Gasteiger partial charge in [-0.3, -0.25) is 0 Å². The van der Waals surface area contributed by atoms with Gasteiger partial charge in [0.05, 0.1) is 12.6 Å². The molecule has 0 saturated heterocycles. The van der Waals surface area contributed by atoms with Gasteiger partial charge in [0.2, 0.25) is 0 Å². The molecule has 0 aliphatic carbocycles.